The summed E-state index contributed by atoms with van der Waals surface area (Å²) in [4.78, 5) is 0.0460. The van der Waals surface area contributed by atoms with Crippen molar-refractivity contribution in [1.82, 2.24) is 0 Å². The predicted molar refractivity (Wildman–Crippen MR) is 81.0 cm³/mol. The highest BCUT2D eigenvalue weighted by molar-refractivity contribution is 9.10. The second kappa shape index (κ2) is 6.13. The zero-order valence-corrected chi connectivity index (χ0v) is 13.5. The van der Waals surface area contributed by atoms with Crippen molar-refractivity contribution >= 4 is 26.0 Å². The number of hydrogen-bond donors (Lipinski definition) is 1. The van der Waals surface area contributed by atoms with Crippen LogP contribution in [0.5, 0.6) is 5.75 Å². The predicted octanol–water partition coefficient (Wildman–Crippen LogP) is 3.12. The molecule has 0 spiro atoms. The number of halogens is 2. The number of rotatable bonds is 4. The molecule has 0 unspecified atom stereocenters. The number of hydrogen-bond acceptors (Lipinski definition) is 3. The molecule has 0 fully saturated rings. The molecule has 7 heteroatoms. The second-order valence-corrected chi connectivity index (χ2v) is 6.94. The lowest BCUT2D eigenvalue weighted by molar-refractivity contribution is 0.299. The van der Waals surface area contributed by atoms with E-state index in [-0.39, 0.29) is 17.3 Å². The molecule has 2 aromatic rings. The quantitative estimate of drug-likeness (QED) is 0.894. The number of aryl methyl sites for hydroxylation is 1. The zero-order chi connectivity index (χ0) is 15.6. The summed E-state index contributed by atoms with van der Waals surface area (Å²) in [5.41, 5.74) is 0.887. The molecule has 21 heavy (non-hydrogen) atoms. The molecular weight excluding hydrogens is 361 g/mol. The summed E-state index contributed by atoms with van der Waals surface area (Å²) in [5, 5.41) is 5.08. The molecule has 0 aliphatic heterocycles. The van der Waals surface area contributed by atoms with E-state index in [1.165, 1.54) is 18.2 Å². The molecule has 0 radical (unpaired) electrons. The molecule has 2 aromatic carbocycles. The fraction of sp³-hybridized carbons (Fsp3) is 0.143. The Morgan fingerprint density at radius 1 is 1.24 bits per heavy atom. The highest BCUT2D eigenvalue weighted by Crippen LogP contribution is 2.22. The highest BCUT2D eigenvalue weighted by Gasteiger charge is 2.12. The van der Waals surface area contributed by atoms with Gasteiger partial charge in [0.2, 0.25) is 10.0 Å². The smallest absolute Gasteiger partial charge is 0.238 e. The molecule has 2 N–H and O–H groups in total. The van der Waals surface area contributed by atoms with Crippen LogP contribution in [0.25, 0.3) is 0 Å². The van der Waals surface area contributed by atoms with Crippen molar-refractivity contribution in [3.8, 4) is 5.75 Å². The van der Waals surface area contributed by atoms with Crippen LogP contribution in [0.15, 0.2) is 45.8 Å². The van der Waals surface area contributed by atoms with E-state index >= 15 is 0 Å². The lowest BCUT2D eigenvalue weighted by Gasteiger charge is -2.10. The first-order valence-electron chi connectivity index (χ1n) is 5.97. The van der Waals surface area contributed by atoms with Gasteiger partial charge in [0.25, 0.3) is 0 Å². The summed E-state index contributed by atoms with van der Waals surface area (Å²) >= 11 is 3.18. The summed E-state index contributed by atoms with van der Waals surface area (Å²) in [6.07, 6.45) is 0. The first-order chi connectivity index (χ1) is 9.77. The molecule has 0 aromatic heterocycles. The molecule has 0 heterocycles. The molecule has 0 atom stereocenters. The van der Waals surface area contributed by atoms with Gasteiger partial charge in [-0.15, -0.1) is 0 Å². The minimum absolute atomic E-state index is 0.0460. The van der Waals surface area contributed by atoms with Gasteiger partial charge in [0.1, 0.15) is 18.2 Å². The van der Waals surface area contributed by atoms with Crippen LogP contribution in [0.2, 0.25) is 0 Å². The standard InChI is InChI=1S/C14H13BrFNO3S/c1-9-6-12(4-5-14(9)21(17,18)19)20-8-10-2-3-11(15)7-13(10)16/h2-7H,8H2,1H3,(H2,17,18,19). The molecule has 0 aliphatic carbocycles. The van der Waals surface area contributed by atoms with Crippen LogP contribution in [0.4, 0.5) is 4.39 Å². The largest absolute Gasteiger partial charge is 0.489 e. The lowest BCUT2D eigenvalue weighted by atomic mass is 10.2. The van der Waals surface area contributed by atoms with Gasteiger partial charge in [-0.05, 0) is 42.8 Å². The maximum Gasteiger partial charge on any atom is 0.238 e. The van der Waals surface area contributed by atoms with Crippen LogP contribution in [-0.2, 0) is 16.6 Å². The third-order valence-electron chi connectivity index (χ3n) is 2.86. The molecule has 0 bridgehead atoms. The molecule has 0 saturated heterocycles. The Labute approximate surface area is 130 Å². The van der Waals surface area contributed by atoms with E-state index in [9.17, 15) is 12.8 Å². The number of sulfonamides is 1. The fourth-order valence-corrected chi connectivity index (χ4v) is 2.93. The van der Waals surface area contributed by atoms with Gasteiger partial charge in [0.05, 0.1) is 4.90 Å². The van der Waals surface area contributed by atoms with Gasteiger partial charge in [-0.2, -0.15) is 0 Å². The topological polar surface area (TPSA) is 69.4 Å². The zero-order valence-electron chi connectivity index (χ0n) is 11.1. The van der Waals surface area contributed by atoms with Crippen LogP contribution in [0, 0.1) is 12.7 Å². The van der Waals surface area contributed by atoms with Gasteiger partial charge in [0, 0.05) is 10.0 Å². The molecule has 112 valence electrons. The van der Waals surface area contributed by atoms with Crippen molar-refractivity contribution in [3.05, 3.63) is 57.8 Å². The monoisotopic (exact) mass is 373 g/mol. The molecule has 0 amide bonds. The Hall–Kier alpha value is -1.44. The van der Waals surface area contributed by atoms with E-state index in [0.717, 1.165) is 0 Å². The van der Waals surface area contributed by atoms with Gasteiger partial charge in [0.15, 0.2) is 0 Å². The molecule has 2 rings (SSSR count). The van der Waals surface area contributed by atoms with Crippen molar-refractivity contribution < 1.29 is 17.5 Å². The Balaban J connectivity index is 2.16. The van der Waals surface area contributed by atoms with E-state index in [2.05, 4.69) is 15.9 Å². The molecule has 0 aliphatic rings. The first-order valence-corrected chi connectivity index (χ1v) is 8.31. The van der Waals surface area contributed by atoms with Gasteiger partial charge < -0.3 is 4.74 Å². The molecular formula is C14H13BrFNO3S. The van der Waals surface area contributed by atoms with Gasteiger partial charge in [-0.25, -0.2) is 17.9 Å². The third kappa shape index (κ3) is 4.03. The summed E-state index contributed by atoms with van der Waals surface area (Å²) in [6, 6.07) is 9.11. The van der Waals surface area contributed by atoms with Crippen LogP contribution >= 0.6 is 15.9 Å². The number of nitrogens with two attached hydrogens (primary N) is 1. The van der Waals surface area contributed by atoms with E-state index in [0.29, 0.717) is 21.3 Å². The van der Waals surface area contributed by atoms with Crippen LogP contribution in [0.1, 0.15) is 11.1 Å². The minimum Gasteiger partial charge on any atom is -0.489 e. The molecule has 4 nitrogen and oxygen atoms in total. The Bertz CT molecular complexity index is 778. The summed E-state index contributed by atoms with van der Waals surface area (Å²) < 4.78 is 42.4. The highest BCUT2D eigenvalue weighted by atomic mass is 79.9. The van der Waals surface area contributed by atoms with Crippen molar-refractivity contribution in [1.29, 1.82) is 0 Å². The fourth-order valence-electron chi connectivity index (χ4n) is 1.83. The van der Waals surface area contributed by atoms with Crippen LogP contribution < -0.4 is 9.88 Å². The number of primary sulfonamides is 1. The maximum atomic E-state index is 13.6. The summed E-state index contributed by atoms with van der Waals surface area (Å²) in [7, 11) is -3.75. The van der Waals surface area contributed by atoms with Gasteiger partial charge in [-0.1, -0.05) is 22.0 Å². The average molecular weight is 374 g/mol. The average Bonchev–Trinajstić information content (AvgIpc) is 2.36. The van der Waals surface area contributed by atoms with Crippen molar-refractivity contribution in [3.63, 3.8) is 0 Å². The molecule has 0 saturated carbocycles. The van der Waals surface area contributed by atoms with Crippen LogP contribution in [-0.4, -0.2) is 8.42 Å². The Morgan fingerprint density at radius 3 is 2.52 bits per heavy atom. The van der Waals surface area contributed by atoms with E-state index in [4.69, 9.17) is 9.88 Å². The summed E-state index contributed by atoms with van der Waals surface area (Å²) in [6.45, 7) is 1.67. The first kappa shape index (κ1) is 15.9. The Kier molecular flexibility index (Phi) is 4.65. The lowest BCUT2D eigenvalue weighted by Crippen LogP contribution is -2.13. The SMILES string of the molecule is Cc1cc(OCc2ccc(Br)cc2F)ccc1S(N)(=O)=O. The maximum absolute atomic E-state index is 13.6. The number of ether oxygens (including phenoxy) is 1. The van der Waals surface area contributed by atoms with Crippen LogP contribution in [0.3, 0.4) is 0 Å². The second-order valence-electron chi connectivity index (χ2n) is 4.50. The van der Waals surface area contributed by atoms with Gasteiger partial charge >= 0.3 is 0 Å². The number of benzene rings is 2. The van der Waals surface area contributed by atoms with Crippen molar-refractivity contribution in [2.24, 2.45) is 5.14 Å². The van der Waals surface area contributed by atoms with E-state index in [1.54, 1.807) is 25.1 Å². The van der Waals surface area contributed by atoms with E-state index < -0.39 is 10.0 Å². The third-order valence-corrected chi connectivity index (χ3v) is 4.43. The Morgan fingerprint density at radius 2 is 1.95 bits per heavy atom. The van der Waals surface area contributed by atoms with E-state index in [1.807, 2.05) is 0 Å². The van der Waals surface area contributed by atoms with Crippen molar-refractivity contribution in [2.75, 3.05) is 0 Å². The normalized spacial score (nSPS) is 11.4. The van der Waals surface area contributed by atoms with Crippen molar-refractivity contribution in [2.45, 2.75) is 18.4 Å². The van der Waals surface area contributed by atoms with Gasteiger partial charge in [-0.3, -0.25) is 0 Å². The summed E-state index contributed by atoms with van der Waals surface area (Å²) in [5.74, 6) is 0.0736. The minimum atomic E-state index is -3.75.